The second-order valence-electron chi connectivity index (χ2n) is 6.25. The number of hydrogen-bond acceptors (Lipinski definition) is 3. The lowest BCUT2D eigenvalue weighted by Gasteiger charge is -2.35. The molecule has 0 bridgehead atoms. The van der Waals surface area contributed by atoms with Crippen LogP contribution >= 0.6 is 0 Å². The Morgan fingerprint density at radius 1 is 1.05 bits per heavy atom. The summed E-state index contributed by atoms with van der Waals surface area (Å²) in [5, 5.41) is 0. The van der Waals surface area contributed by atoms with E-state index in [0.717, 1.165) is 19.5 Å². The van der Waals surface area contributed by atoms with Gasteiger partial charge in [-0.1, -0.05) is 25.5 Å². The van der Waals surface area contributed by atoms with Crippen molar-refractivity contribution in [3.63, 3.8) is 0 Å². The van der Waals surface area contributed by atoms with Gasteiger partial charge in [0.1, 0.15) is 0 Å². The molecule has 0 aliphatic carbocycles. The second kappa shape index (κ2) is 6.61. The van der Waals surface area contributed by atoms with Crippen LogP contribution in [0, 0.1) is 0 Å². The van der Waals surface area contributed by atoms with E-state index in [2.05, 4.69) is 11.8 Å². The minimum Gasteiger partial charge on any atom is -0.300 e. The van der Waals surface area contributed by atoms with Crippen molar-refractivity contribution in [2.75, 3.05) is 19.6 Å². The van der Waals surface area contributed by atoms with Gasteiger partial charge in [0, 0.05) is 19.1 Å². The topological polar surface area (TPSA) is 40.6 Å². The maximum Gasteiger partial charge on any atom is 0.261 e. The highest BCUT2D eigenvalue weighted by atomic mass is 16.2. The zero-order valence-electron chi connectivity index (χ0n) is 13.3. The van der Waals surface area contributed by atoms with Crippen molar-refractivity contribution in [2.24, 2.45) is 0 Å². The van der Waals surface area contributed by atoms with Gasteiger partial charge < -0.3 is 4.90 Å². The first kappa shape index (κ1) is 15.2. The highest BCUT2D eigenvalue weighted by molar-refractivity contribution is 6.21. The van der Waals surface area contributed by atoms with E-state index < -0.39 is 0 Å². The lowest BCUT2D eigenvalue weighted by Crippen LogP contribution is -2.41. The molecule has 1 saturated heterocycles. The molecule has 0 spiro atoms. The first-order chi connectivity index (χ1) is 10.7. The molecular weight excluding hydrogens is 276 g/mol. The van der Waals surface area contributed by atoms with E-state index in [-0.39, 0.29) is 11.8 Å². The summed E-state index contributed by atoms with van der Waals surface area (Å²) in [5.74, 6) is -0.266. The van der Waals surface area contributed by atoms with Crippen LogP contribution in [0.2, 0.25) is 0 Å². The number of likely N-dealkylation sites (tertiary alicyclic amines) is 1. The molecule has 118 valence electrons. The number of hydrogen-bond donors (Lipinski definition) is 0. The van der Waals surface area contributed by atoms with Crippen LogP contribution in [0.4, 0.5) is 0 Å². The number of carbonyl (C=O) groups is 2. The van der Waals surface area contributed by atoms with Crippen molar-refractivity contribution < 1.29 is 9.59 Å². The Balaban J connectivity index is 1.57. The normalized spacial score (nSPS) is 22.2. The average molecular weight is 300 g/mol. The highest BCUT2D eigenvalue weighted by Crippen LogP contribution is 2.23. The van der Waals surface area contributed by atoms with Gasteiger partial charge in [0.05, 0.1) is 11.1 Å². The summed E-state index contributed by atoms with van der Waals surface area (Å²) in [7, 11) is 0. The van der Waals surface area contributed by atoms with E-state index in [1.807, 2.05) is 12.1 Å². The fourth-order valence-electron chi connectivity index (χ4n) is 3.69. The van der Waals surface area contributed by atoms with Crippen LogP contribution < -0.4 is 0 Å². The number of carbonyl (C=O) groups excluding carboxylic acids is 2. The molecule has 1 unspecified atom stereocenters. The minimum atomic E-state index is -0.133. The maximum absolute atomic E-state index is 12.3. The van der Waals surface area contributed by atoms with Gasteiger partial charge in [0.2, 0.25) is 0 Å². The molecule has 2 heterocycles. The average Bonchev–Trinajstić information content (AvgIpc) is 2.80. The van der Waals surface area contributed by atoms with E-state index >= 15 is 0 Å². The Hall–Kier alpha value is -1.68. The standard InChI is InChI=1S/C18H24N2O2/c1-2-14-8-5-6-11-19(14)12-7-13-20-17(21)15-9-3-4-10-16(15)18(20)22/h3-4,9-10,14H,2,5-8,11-13H2,1H3. The van der Waals surface area contributed by atoms with E-state index in [9.17, 15) is 9.59 Å². The van der Waals surface area contributed by atoms with Gasteiger partial charge in [-0.25, -0.2) is 0 Å². The molecular formula is C18H24N2O2. The molecule has 0 N–H and O–H groups in total. The Labute approximate surface area is 132 Å². The van der Waals surface area contributed by atoms with Crippen LogP contribution in [-0.2, 0) is 0 Å². The van der Waals surface area contributed by atoms with E-state index in [1.165, 1.54) is 30.6 Å². The van der Waals surface area contributed by atoms with Crippen molar-refractivity contribution in [3.8, 4) is 0 Å². The lowest BCUT2D eigenvalue weighted by molar-refractivity contribution is 0.0639. The molecule has 2 aliphatic rings. The predicted molar refractivity (Wildman–Crippen MR) is 85.9 cm³/mol. The first-order valence-electron chi connectivity index (χ1n) is 8.41. The third-order valence-electron chi connectivity index (χ3n) is 4.93. The summed E-state index contributed by atoms with van der Waals surface area (Å²) >= 11 is 0. The smallest absolute Gasteiger partial charge is 0.261 e. The molecule has 2 amide bonds. The quantitative estimate of drug-likeness (QED) is 0.785. The summed E-state index contributed by atoms with van der Waals surface area (Å²) in [4.78, 5) is 28.5. The first-order valence-corrected chi connectivity index (χ1v) is 8.41. The highest BCUT2D eigenvalue weighted by Gasteiger charge is 2.34. The third-order valence-corrected chi connectivity index (χ3v) is 4.93. The lowest BCUT2D eigenvalue weighted by atomic mass is 10.00. The number of imide groups is 1. The number of benzene rings is 1. The molecule has 0 saturated carbocycles. The van der Waals surface area contributed by atoms with Crippen molar-refractivity contribution in [1.29, 1.82) is 0 Å². The van der Waals surface area contributed by atoms with Gasteiger partial charge in [-0.3, -0.25) is 14.5 Å². The summed E-state index contributed by atoms with van der Waals surface area (Å²) in [6.45, 7) is 4.90. The Morgan fingerprint density at radius 3 is 2.36 bits per heavy atom. The van der Waals surface area contributed by atoms with Crippen LogP contribution in [-0.4, -0.2) is 47.3 Å². The molecule has 4 heteroatoms. The van der Waals surface area contributed by atoms with E-state index in [1.54, 1.807) is 12.1 Å². The molecule has 3 rings (SSSR count). The number of fused-ring (bicyclic) bond motifs is 1. The van der Waals surface area contributed by atoms with Crippen molar-refractivity contribution in [1.82, 2.24) is 9.80 Å². The summed E-state index contributed by atoms with van der Waals surface area (Å²) < 4.78 is 0. The molecule has 0 aromatic heterocycles. The summed E-state index contributed by atoms with van der Waals surface area (Å²) in [6, 6.07) is 7.79. The van der Waals surface area contributed by atoms with Gasteiger partial charge in [0.15, 0.2) is 0 Å². The zero-order valence-corrected chi connectivity index (χ0v) is 13.3. The van der Waals surface area contributed by atoms with Gasteiger partial charge in [-0.05, 0) is 44.4 Å². The van der Waals surface area contributed by atoms with E-state index in [4.69, 9.17) is 0 Å². The Kier molecular flexibility index (Phi) is 4.57. The molecule has 1 aromatic carbocycles. The second-order valence-corrected chi connectivity index (χ2v) is 6.25. The largest absolute Gasteiger partial charge is 0.300 e. The van der Waals surface area contributed by atoms with Crippen LogP contribution in [0.1, 0.15) is 59.7 Å². The molecule has 22 heavy (non-hydrogen) atoms. The fourth-order valence-corrected chi connectivity index (χ4v) is 3.69. The minimum absolute atomic E-state index is 0.133. The van der Waals surface area contributed by atoms with E-state index in [0.29, 0.717) is 23.7 Å². The predicted octanol–water partition coefficient (Wildman–Crippen LogP) is 2.94. The number of rotatable bonds is 5. The van der Waals surface area contributed by atoms with Gasteiger partial charge in [-0.2, -0.15) is 0 Å². The van der Waals surface area contributed by atoms with Crippen LogP contribution in [0.15, 0.2) is 24.3 Å². The SMILES string of the molecule is CCC1CCCCN1CCCN1C(=O)c2ccccc2C1=O. The Morgan fingerprint density at radius 2 is 1.73 bits per heavy atom. The summed E-state index contributed by atoms with van der Waals surface area (Å²) in [5.41, 5.74) is 1.11. The number of nitrogens with zero attached hydrogens (tertiary/aromatic N) is 2. The molecule has 0 radical (unpaired) electrons. The number of amides is 2. The third kappa shape index (κ3) is 2.80. The summed E-state index contributed by atoms with van der Waals surface area (Å²) in [6.07, 6.45) is 5.93. The zero-order chi connectivity index (χ0) is 15.5. The van der Waals surface area contributed by atoms with Crippen LogP contribution in [0.3, 0.4) is 0 Å². The molecule has 2 aliphatic heterocycles. The fraction of sp³-hybridized carbons (Fsp3) is 0.556. The van der Waals surface area contributed by atoms with Crippen molar-refractivity contribution >= 4 is 11.8 Å². The van der Waals surface area contributed by atoms with Gasteiger partial charge in [0.25, 0.3) is 11.8 Å². The molecule has 1 aromatic rings. The molecule has 1 atom stereocenters. The van der Waals surface area contributed by atoms with Crippen molar-refractivity contribution in [2.45, 2.75) is 45.1 Å². The Bertz CT molecular complexity index is 535. The van der Waals surface area contributed by atoms with Crippen LogP contribution in [0.25, 0.3) is 0 Å². The molecule has 4 nitrogen and oxygen atoms in total. The monoisotopic (exact) mass is 300 g/mol. The van der Waals surface area contributed by atoms with Crippen molar-refractivity contribution in [3.05, 3.63) is 35.4 Å². The van der Waals surface area contributed by atoms with Gasteiger partial charge in [-0.15, -0.1) is 0 Å². The maximum atomic E-state index is 12.3. The molecule has 1 fully saturated rings. The van der Waals surface area contributed by atoms with Gasteiger partial charge >= 0.3 is 0 Å². The number of piperidine rings is 1. The van der Waals surface area contributed by atoms with Crippen LogP contribution in [0.5, 0.6) is 0 Å².